The van der Waals surface area contributed by atoms with E-state index in [0.717, 1.165) is 0 Å². The second kappa shape index (κ2) is 4.22. The third-order valence-electron chi connectivity index (χ3n) is 2.50. The van der Waals surface area contributed by atoms with Gasteiger partial charge in [-0.15, -0.1) is 10.1 Å². The molecular formula is C8H11NO7. The van der Waals surface area contributed by atoms with Gasteiger partial charge in [-0.05, 0) is 0 Å². The first kappa shape index (κ1) is 11.1. The molecule has 0 N–H and O–H groups in total. The summed E-state index contributed by atoms with van der Waals surface area (Å²) in [5.41, 5.74) is 0. The standard InChI is InChI=1S/C8H11NO7/c1-4(10)15-5-2-13-8-6(16-9(11)12)3-14-7(5)8/h5-8H,2-3H2,1H3. The highest BCUT2D eigenvalue weighted by atomic mass is 17.0. The summed E-state index contributed by atoms with van der Waals surface area (Å²) in [5, 5.41) is 9.31. The van der Waals surface area contributed by atoms with E-state index >= 15 is 0 Å². The molecule has 0 amide bonds. The Balaban J connectivity index is 1.95. The first-order chi connectivity index (χ1) is 7.58. The van der Waals surface area contributed by atoms with Gasteiger partial charge in [0.05, 0.1) is 13.2 Å². The van der Waals surface area contributed by atoms with E-state index in [1.165, 1.54) is 6.92 Å². The van der Waals surface area contributed by atoms with E-state index in [4.69, 9.17) is 14.2 Å². The van der Waals surface area contributed by atoms with Crippen molar-refractivity contribution in [2.75, 3.05) is 13.2 Å². The summed E-state index contributed by atoms with van der Waals surface area (Å²) < 4.78 is 15.5. The van der Waals surface area contributed by atoms with Crippen molar-refractivity contribution in [1.82, 2.24) is 0 Å². The fourth-order valence-corrected chi connectivity index (χ4v) is 1.94. The smallest absolute Gasteiger partial charge is 0.303 e. The van der Waals surface area contributed by atoms with Gasteiger partial charge in [0, 0.05) is 6.92 Å². The molecule has 8 nitrogen and oxygen atoms in total. The van der Waals surface area contributed by atoms with Gasteiger partial charge in [0.25, 0.3) is 5.09 Å². The Morgan fingerprint density at radius 3 is 2.44 bits per heavy atom. The van der Waals surface area contributed by atoms with Crippen molar-refractivity contribution in [2.45, 2.75) is 31.3 Å². The van der Waals surface area contributed by atoms with Crippen molar-refractivity contribution in [1.29, 1.82) is 0 Å². The summed E-state index contributed by atoms with van der Waals surface area (Å²) in [5.74, 6) is -0.434. The van der Waals surface area contributed by atoms with E-state index in [-0.39, 0.29) is 13.2 Å². The summed E-state index contributed by atoms with van der Waals surface area (Å²) in [6, 6.07) is 0. The molecule has 90 valence electrons. The first-order valence-corrected chi connectivity index (χ1v) is 4.79. The van der Waals surface area contributed by atoms with E-state index in [9.17, 15) is 14.9 Å². The van der Waals surface area contributed by atoms with Gasteiger partial charge in [0.15, 0.2) is 12.2 Å². The van der Waals surface area contributed by atoms with Gasteiger partial charge in [-0.2, -0.15) is 0 Å². The van der Waals surface area contributed by atoms with Gasteiger partial charge in [-0.3, -0.25) is 4.79 Å². The lowest BCUT2D eigenvalue weighted by Gasteiger charge is -2.15. The SMILES string of the molecule is CC(=O)OC1COC2C(O[N+](=O)[O-])COC12. The van der Waals surface area contributed by atoms with Gasteiger partial charge in [-0.25, -0.2) is 0 Å². The van der Waals surface area contributed by atoms with Crippen LogP contribution in [0.25, 0.3) is 0 Å². The van der Waals surface area contributed by atoms with Crippen LogP contribution in [0.15, 0.2) is 0 Å². The van der Waals surface area contributed by atoms with Crippen molar-refractivity contribution in [2.24, 2.45) is 0 Å². The molecule has 4 unspecified atom stereocenters. The number of fused-ring (bicyclic) bond motifs is 1. The molecule has 0 aromatic rings. The Bertz CT molecular complexity index is 277. The van der Waals surface area contributed by atoms with Crippen molar-refractivity contribution in [3.8, 4) is 0 Å². The Kier molecular flexibility index (Phi) is 2.92. The Morgan fingerprint density at radius 2 is 1.88 bits per heavy atom. The third-order valence-corrected chi connectivity index (χ3v) is 2.50. The molecule has 0 aromatic carbocycles. The molecule has 2 heterocycles. The minimum absolute atomic E-state index is 0.0636. The van der Waals surface area contributed by atoms with Gasteiger partial charge in [-0.1, -0.05) is 0 Å². The van der Waals surface area contributed by atoms with Gasteiger partial charge in [0.1, 0.15) is 12.2 Å². The zero-order valence-corrected chi connectivity index (χ0v) is 8.53. The number of hydrogen-bond acceptors (Lipinski definition) is 7. The maximum Gasteiger partial charge on any atom is 0.303 e. The predicted molar refractivity (Wildman–Crippen MR) is 46.9 cm³/mol. The molecular weight excluding hydrogens is 222 g/mol. The monoisotopic (exact) mass is 233 g/mol. The molecule has 2 saturated heterocycles. The topological polar surface area (TPSA) is 97.1 Å². The van der Waals surface area contributed by atoms with Crippen LogP contribution >= 0.6 is 0 Å². The second-order valence-electron chi connectivity index (χ2n) is 3.61. The maximum atomic E-state index is 10.8. The van der Waals surface area contributed by atoms with E-state index in [0.29, 0.717) is 0 Å². The van der Waals surface area contributed by atoms with Crippen LogP contribution in [0.5, 0.6) is 0 Å². The summed E-state index contributed by atoms with van der Waals surface area (Å²) in [4.78, 5) is 25.4. The lowest BCUT2D eigenvalue weighted by Crippen LogP contribution is -2.35. The molecule has 0 aliphatic carbocycles. The van der Waals surface area contributed by atoms with Crippen molar-refractivity contribution in [3.05, 3.63) is 10.1 Å². The van der Waals surface area contributed by atoms with Gasteiger partial charge in [0.2, 0.25) is 0 Å². The van der Waals surface area contributed by atoms with Crippen LogP contribution in [-0.4, -0.2) is 48.7 Å². The predicted octanol–water partition coefficient (Wildman–Crippen LogP) is -0.707. The van der Waals surface area contributed by atoms with Gasteiger partial charge >= 0.3 is 5.97 Å². The number of carbonyl (C=O) groups excluding carboxylic acids is 1. The van der Waals surface area contributed by atoms with E-state index in [1.54, 1.807) is 0 Å². The molecule has 2 fully saturated rings. The van der Waals surface area contributed by atoms with E-state index in [2.05, 4.69) is 4.84 Å². The Morgan fingerprint density at radius 1 is 1.31 bits per heavy atom. The highest BCUT2D eigenvalue weighted by molar-refractivity contribution is 5.66. The first-order valence-electron chi connectivity index (χ1n) is 4.79. The minimum atomic E-state index is -0.876. The number of carbonyl (C=O) groups is 1. The number of esters is 1. The zero-order chi connectivity index (χ0) is 11.7. The zero-order valence-electron chi connectivity index (χ0n) is 8.53. The fraction of sp³-hybridized carbons (Fsp3) is 0.875. The van der Waals surface area contributed by atoms with Crippen LogP contribution in [0.2, 0.25) is 0 Å². The molecule has 4 atom stereocenters. The lowest BCUT2D eigenvalue weighted by molar-refractivity contribution is -0.769. The highest BCUT2D eigenvalue weighted by Gasteiger charge is 2.50. The normalized spacial score (nSPS) is 36.8. The summed E-state index contributed by atoms with van der Waals surface area (Å²) >= 11 is 0. The average molecular weight is 233 g/mol. The number of hydrogen-bond donors (Lipinski definition) is 0. The third kappa shape index (κ3) is 2.07. The summed E-state index contributed by atoms with van der Waals surface area (Å²) in [6.07, 6.45) is -2.29. The average Bonchev–Trinajstić information content (AvgIpc) is 2.70. The van der Waals surface area contributed by atoms with Crippen LogP contribution in [0, 0.1) is 10.1 Å². The lowest BCUT2D eigenvalue weighted by atomic mass is 10.1. The van der Waals surface area contributed by atoms with Crippen LogP contribution in [0.4, 0.5) is 0 Å². The molecule has 2 aliphatic heterocycles. The molecule has 0 aromatic heterocycles. The molecule has 8 heteroatoms. The summed E-state index contributed by atoms with van der Waals surface area (Å²) in [7, 11) is 0. The fourth-order valence-electron chi connectivity index (χ4n) is 1.94. The number of nitrogens with zero attached hydrogens (tertiary/aromatic N) is 1. The van der Waals surface area contributed by atoms with Crippen molar-refractivity contribution < 1.29 is 28.9 Å². The molecule has 16 heavy (non-hydrogen) atoms. The van der Waals surface area contributed by atoms with Gasteiger partial charge < -0.3 is 19.0 Å². The Hall–Kier alpha value is -1.41. The van der Waals surface area contributed by atoms with Crippen LogP contribution < -0.4 is 0 Å². The van der Waals surface area contributed by atoms with E-state index < -0.39 is 35.5 Å². The number of rotatable bonds is 3. The van der Waals surface area contributed by atoms with Crippen LogP contribution in [-0.2, 0) is 23.8 Å². The molecule has 0 saturated carbocycles. The van der Waals surface area contributed by atoms with Crippen molar-refractivity contribution in [3.63, 3.8) is 0 Å². The minimum Gasteiger partial charge on any atom is -0.457 e. The van der Waals surface area contributed by atoms with E-state index in [1.807, 2.05) is 0 Å². The highest BCUT2D eigenvalue weighted by Crippen LogP contribution is 2.30. The maximum absolute atomic E-state index is 10.8. The quantitative estimate of drug-likeness (QED) is 0.361. The molecule has 0 spiro atoms. The molecule has 2 aliphatic rings. The number of ether oxygens (including phenoxy) is 3. The summed E-state index contributed by atoms with van der Waals surface area (Å²) in [6.45, 7) is 1.52. The largest absolute Gasteiger partial charge is 0.457 e. The molecule has 2 rings (SSSR count). The van der Waals surface area contributed by atoms with Crippen LogP contribution in [0.1, 0.15) is 6.92 Å². The molecule has 0 bridgehead atoms. The second-order valence-corrected chi connectivity index (χ2v) is 3.61. The van der Waals surface area contributed by atoms with Crippen LogP contribution in [0.3, 0.4) is 0 Å². The van der Waals surface area contributed by atoms with Crippen molar-refractivity contribution >= 4 is 5.97 Å². The Labute approximate surface area is 90.5 Å². The molecule has 0 radical (unpaired) electrons.